The maximum Gasteiger partial charge on any atom is 0.249 e. The van der Waals surface area contributed by atoms with E-state index in [2.05, 4.69) is 26.0 Å². The van der Waals surface area contributed by atoms with Crippen LogP contribution in [-0.2, 0) is 27.4 Å². The van der Waals surface area contributed by atoms with Crippen LogP contribution in [0, 0.1) is 0 Å². The van der Waals surface area contributed by atoms with Gasteiger partial charge in [0.05, 0.1) is 19.2 Å². The minimum atomic E-state index is -0.127. The molecule has 30 heavy (non-hydrogen) atoms. The van der Waals surface area contributed by atoms with E-state index < -0.39 is 0 Å². The zero-order chi connectivity index (χ0) is 21.3. The summed E-state index contributed by atoms with van der Waals surface area (Å²) in [5, 5.41) is 0. The van der Waals surface area contributed by atoms with Crippen LogP contribution in [0.5, 0.6) is 0 Å². The fourth-order valence-corrected chi connectivity index (χ4v) is 3.93. The number of carbonyl (C=O) groups is 2. The summed E-state index contributed by atoms with van der Waals surface area (Å²) in [6.45, 7) is 5.91. The van der Waals surface area contributed by atoms with Crippen LogP contribution in [0.2, 0.25) is 0 Å². The lowest BCUT2D eigenvalue weighted by molar-refractivity contribution is -0.144. The fourth-order valence-electron chi connectivity index (χ4n) is 3.93. The number of carbonyl (C=O) groups excluding carboxylic acids is 2. The second-order valence-electron chi connectivity index (χ2n) is 7.86. The van der Waals surface area contributed by atoms with Crippen LogP contribution in [0.3, 0.4) is 0 Å². The van der Waals surface area contributed by atoms with Gasteiger partial charge in [-0.1, -0.05) is 67.9 Å². The maximum atomic E-state index is 13.1. The summed E-state index contributed by atoms with van der Waals surface area (Å²) in [6, 6.07) is 18.1. The highest BCUT2D eigenvalue weighted by atomic mass is 16.5. The molecule has 0 aliphatic carbocycles. The summed E-state index contributed by atoms with van der Waals surface area (Å²) in [5.41, 5.74) is 3.54. The number of amides is 2. The molecule has 0 saturated carbocycles. The minimum Gasteiger partial charge on any atom is -0.367 e. The first-order valence-corrected chi connectivity index (χ1v) is 10.9. The molecular weight excluding hydrogens is 376 g/mol. The molecule has 3 rings (SSSR count). The van der Waals surface area contributed by atoms with Gasteiger partial charge in [0, 0.05) is 13.1 Å². The largest absolute Gasteiger partial charge is 0.367 e. The van der Waals surface area contributed by atoms with Crippen LogP contribution < -0.4 is 0 Å². The van der Waals surface area contributed by atoms with Crippen LogP contribution in [0.25, 0.3) is 0 Å². The highest BCUT2D eigenvalue weighted by molar-refractivity contribution is 5.85. The third-order valence-electron chi connectivity index (χ3n) is 5.71. The van der Waals surface area contributed by atoms with Crippen molar-refractivity contribution >= 4 is 11.8 Å². The molecule has 0 N–H and O–H groups in total. The molecule has 1 aliphatic heterocycles. The Balaban J connectivity index is 1.58. The molecule has 1 atom stereocenters. The van der Waals surface area contributed by atoms with Gasteiger partial charge in [-0.25, -0.2) is 0 Å². The van der Waals surface area contributed by atoms with Gasteiger partial charge in [-0.05, 0) is 36.5 Å². The summed E-state index contributed by atoms with van der Waals surface area (Å²) in [5.74, 6) is -0.123. The first-order chi connectivity index (χ1) is 14.6. The van der Waals surface area contributed by atoms with E-state index in [-0.39, 0.29) is 31.0 Å². The Morgan fingerprint density at radius 3 is 2.60 bits per heavy atom. The molecule has 2 aromatic rings. The van der Waals surface area contributed by atoms with Crippen molar-refractivity contribution < 1.29 is 14.3 Å². The van der Waals surface area contributed by atoms with Crippen molar-refractivity contribution in [3.8, 4) is 0 Å². The number of unbranched alkanes of at least 4 members (excludes halogenated alkanes) is 1. The average Bonchev–Trinajstić information content (AvgIpc) is 2.77. The first kappa shape index (κ1) is 22.0. The molecule has 1 unspecified atom stereocenters. The van der Waals surface area contributed by atoms with Crippen molar-refractivity contribution in [3.05, 3.63) is 71.3 Å². The normalized spacial score (nSPS) is 15.5. The number of benzene rings is 2. The Labute approximate surface area is 179 Å². The summed E-state index contributed by atoms with van der Waals surface area (Å²) in [6.07, 6.45) is 2.70. The number of hydrogen-bond donors (Lipinski definition) is 0. The summed E-state index contributed by atoms with van der Waals surface area (Å²) in [4.78, 5) is 29.4. The number of nitrogens with zero attached hydrogens (tertiary/aromatic N) is 2. The third kappa shape index (κ3) is 5.70. The lowest BCUT2D eigenvalue weighted by Gasteiger charge is -2.36. The van der Waals surface area contributed by atoms with Crippen molar-refractivity contribution in [1.82, 2.24) is 9.80 Å². The molecule has 0 radical (unpaired) electrons. The van der Waals surface area contributed by atoms with Crippen molar-refractivity contribution in [2.24, 2.45) is 0 Å². The Morgan fingerprint density at radius 1 is 1.10 bits per heavy atom. The van der Waals surface area contributed by atoms with Gasteiger partial charge in [0.1, 0.15) is 6.61 Å². The van der Waals surface area contributed by atoms with Crippen LogP contribution in [0.1, 0.15) is 49.4 Å². The van der Waals surface area contributed by atoms with E-state index in [1.807, 2.05) is 47.4 Å². The second-order valence-corrected chi connectivity index (χ2v) is 7.86. The fraction of sp³-hybridized carbons (Fsp3) is 0.440. The van der Waals surface area contributed by atoms with Gasteiger partial charge in [-0.15, -0.1) is 0 Å². The predicted molar refractivity (Wildman–Crippen MR) is 118 cm³/mol. The van der Waals surface area contributed by atoms with E-state index in [0.717, 1.165) is 24.8 Å². The molecule has 0 fully saturated rings. The number of rotatable bonds is 9. The summed E-state index contributed by atoms with van der Waals surface area (Å²) < 4.78 is 5.62. The van der Waals surface area contributed by atoms with E-state index in [1.165, 1.54) is 11.1 Å². The van der Waals surface area contributed by atoms with Crippen molar-refractivity contribution in [3.63, 3.8) is 0 Å². The molecule has 2 aromatic carbocycles. The number of fused-ring (bicyclic) bond motifs is 1. The molecule has 5 nitrogen and oxygen atoms in total. The Kier molecular flexibility index (Phi) is 8.03. The Hall–Kier alpha value is -2.66. The second kappa shape index (κ2) is 10.9. The monoisotopic (exact) mass is 408 g/mol. The molecule has 1 aliphatic rings. The smallest absolute Gasteiger partial charge is 0.249 e. The zero-order valence-electron chi connectivity index (χ0n) is 18.0. The highest BCUT2D eigenvalue weighted by Gasteiger charge is 2.29. The van der Waals surface area contributed by atoms with Crippen molar-refractivity contribution in [2.75, 3.05) is 26.2 Å². The van der Waals surface area contributed by atoms with Crippen LogP contribution in [0.4, 0.5) is 0 Å². The number of hydrogen-bond acceptors (Lipinski definition) is 3. The minimum absolute atomic E-state index is 0.00418. The van der Waals surface area contributed by atoms with E-state index in [4.69, 9.17) is 4.74 Å². The quantitative estimate of drug-likeness (QED) is 0.631. The van der Waals surface area contributed by atoms with E-state index in [0.29, 0.717) is 19.7 Å². The van der Waals surface area contributed by atoms with Crippen molar-refractivity contribution in [2.45, 2.75) is 45.8 Å². The zero-order valence-corrected chi connectivity index (χ0v) is 18.0. The molecule has 5 heteroatoms. The molecule has 2 amide bonds. The van der Waals surface area contributed by atoms with Crippen molar-refractivity contribution in [1.29, 1.82) is 0 Å². The van der Waals surface area contributed by atoms with Gasteiger partial charge in [-0.2, -0.15) is 0 Å². The van der Waals surface area contributed by atoms with Crippen LogP contribution in [-0.4, -0.2) is 47.9 Å². The molecular formula is C25H32N2O3. The molecule has 0 saturated heterocycles. The van der Waals surface area contributed by atoms with Gasteiger partial charge in [0.25, 0.3) is 0 Å². The lowest BCUT2D eigenvalue weighted by Crippen LogP contribution is -2.47. The van der Waals surface area contributed by atoms with Gasteiger partial charge in [-0.3, -0.25) is 9.59 Å². The highest BCUT2D eigenvalue weighted by Crippen LogP contribution is 2.29. The van der Waals surface area contributed by atoms with Gasteiger partial charge in [0.2, 0.25) is 11.8 Å². The lowest BCUT2D eigenvalue weighted by atomic mass is 9.93. The van der Waals surface area contributed by atoms with Gasteiger partial charge in [0.15, 0.2) is 0 Å². The molecule has 1 heterocycles. The molecule has 160 valence electrons. The molecule has 0 bridgehead atoms. The molecule has 0 spiro atoms. The maximum absolute atomic E-state index is 13.1. The average molecular weight is 409 g/mol. The van der Waals surface area contributed by atoms with Crippen LogP contribution in [0.15, 0.2) is 54.6 Å². The van der Waals surface area contributed by atoms with E-state index >= 15 is 0 Å². The van der Waals surface area contributed by atoms with E-state index in [1.54, 1.807) is 4.90 Å². The SMILES string of the molecule is CCCCN(CC(=O)N1CCc2ccccc2C1C)C(=O)COCc1ccccc1. The number of ether oxygens (including phenoxy) is 1. The predicted octanol–water partition coefficient (Wildman–Crippen LogP) is 3.98. The Bertz CT molecular complexity index is 837. The topological polar surface area (TPSA) is 49.9 Å². The Morgan fingerprint density at radius 2 is 1.83 bits per heavy atom. The molecule has 0 aromatic heterocycles. The summed E-state index contributed by atoms with van der Waals surface area (Å²) >= 11 is 0. The van der Waals surface area contributed by atoms with Gasteiger partial charge < -0.3 is 14.5 Å². The van der Waals surface area contributed by atoms with Crippen LogP contribution >= 0.6 is 0 Å². The first-order valence-electron chi connectivity index (χ1n) is 10.9. The third-order valence-corrected chi connectivity index (χ3v) is 5.71. The standard InChI is InChI=1S/C25H32N2O3/c1-3-4-15-26(25(29)19-30-18-21-10-6-5-7-11-21)17-24(28)27-16-14-22-12-8-9-13-23(22)20(27)2/h5-13,20H,3-4,14-19H2,1-2H3. The van der Waals surface area contributed by atoms with E-state index in [9.17, 15) is 9.59 Å². The van der Waals surface area contributed by atoms with Gasteiger partial charge >= 0.3 is 0 Å². The summed E-state index contributed by atoms with van der Waals surface area (Å²) in [7, 11) is 0.